The fraction of sp³-hybridized carbons (Fsp3) is 0.280. The third-order valence-electron chi connectivity index (χ3n) is 6.03. The van der Waals surface area contributed by atoms with Crippen LogP contribution in [0.25, 0.3) is 17.0 Å². The highest BCUT2D eigenvalue weighted by molar-refractivity contribution is 9.10. The van der Waals surface area contributed by atoms with E-state index in [0.717, 1.165) is 16.5 Å². The van der Waals surface area contributed by atoms with Crippen molar-refractivity contribution >= 4 is 44.7 Å². The summed E-state index contributed by atoms with van der Waals surface area (Å²) in [6, 6.07) is 9.01. The van der Waals surface area contributed by atoms with Gasteiger partial charge in [-0.25, -0.2) is 8.78 Å². The first kappa shape index (κ1) is 24.1. The molecule has 4 rings (SSSR count). The topological polar surface area (TPSA) is 86.0 Å². The summed E-state index contributed by atoms with van der Waals surface area (Å²) in [5.41, 5.74) is 1.38. The van der Waals surface area contributed by atoms with Crippen LogP contribution in [-0.4, -0.2) is 42.0 Å². The summed E-state index contributed by atoms with van der Waals surface area (Å²) in [5.74, 6) is -1.34. The van der Waals surface area contributed by atoms with Crippen LogP contribution in [0, 0.1) is 11.6 Å². The molecule has 178 valence electrons. The lowest BCUT2D eigenvalue weighted by atomic mass is 9.87. The van der Waals surface area contributed by atoms with Crippen molar-refractivity contribution in [1.82, 2.24) is 20.9 Å². The summed E-state index contributed by atoms with van der Waals surface area (Å²) < 4.78 is 27.3. The molecule has 0 saturated carbocycles. The van der Waals surface area contributed by atoms with Crippen molar-refractivity contribution in [3.63, 3.8) is 0 Å². The molecule has 2 amide bonds. The molecular weight excluding hydrogens is 506 g/mol. The summed E-state index contributed by atoms with van der Waals surface area (Å²) in [4.78, 5) is 28.9. The molecule has 1 fully saturated rings. The molecule has 2 aromatic carbocycles. The standard InChI is InChI=1S/C25H25BrF2N4O2/c26-20-13-16(1-4-21(20)28)2-6-23(33)32-25(8-11-29-12-9-25)24(34)30-10-7-17-15-31-22-5-3-18(27)14-19(17)22/h1-6,13-15,29,31H,7-12H2,(H,30,34)(H,32,33)/b6-2+. The number of fused-ring (bicyclic) bond motifs is 1. The van der Waals surface area contributed by atoms with Crippen LogP contribution in [0.15, 0.2) is 53.1 Å². The predicted molar refractivity (Wildman–Crippen MR) is 131 cm³/mol. The minimum atomic E-state index is -1.03. The Bertz CT molecular complexity index is 1230. The fourth-order valence-electron chi connectivity index (χ4n) is 4.17. The van der Waals surface area contributed by atoms with Gasteiger partial charge in [0.25, 0.3) is 0 Å². The van der Waals surface area contributed by atoms with E-state index in [1.54, 1.807) is 24.3 Å². The molecule has 0 unspecified atom stereocenters. The van der Waals surface area contributed by atoms with Crippen LogP contribution in [0.2, 0.25) is 0 Å². The average molecular weight is 531 g/mol. The monoisotopic (exact) mass is 530 g/mol. The predicted octanol–water partition coefficient (Wildman–Crippen LogP) is 3.82. The van der Waals surface area contributed by atoms with Gasteiger partial charge in [-0.15, -0.1) is 0 Å². The smallest absolute Gasteiger partial charge is 0.245 e. The second kappa shape index (κ2) is 10.5. The molecule has 4 N–H and O–H groups in total. The lowest BCUT2D eigenvalue weighted by molar-refractivity contribution is -0.133. The van der Waals surface area contributed by atoms with Crippen molar-refractivity contribution < 1.29 is 18.4 Å². The first-order valence-electron chi connectivity index (χ1n) is 11.1. The number of rotatable bonds is 7. The second-order valence-corrected chi connectivity index (χ2v) is 9.19. The van der Waals surface area contributed by atoms with Gasteiger partial charge in [0.1, 0.15) is 17.2 Å². The summed E-state index contributed by atoms with van der Waals surface area (Å²) in [7, 11) is 0. The molecule has 6 nitrogen and oxygen atoms in total. The number of aromatic amines is 1. The molecule has 0 atom stereocenters. The van der Waals surface area contributed by atoms with Gasteiger partial charge in [0.2, 0.25) is 11.8 Å². The third kappa shape index (κ3) is 5.53. The highest BCUT2D eigenvalue weighted by Gasteiger charge is 2.40. The maximum absolute atomic E-state index is 13.6. The fourth-order valence-corrected chi connectivity index (χ4v) is 4.56. The molecule has 1 aliphatic rings. The van der Waals surface area contributed by atoms with Gasteiger partial charge in [-0.05, 0) is 95.8 Å². The van der Waals surface area contributed by atoms with Gasteiger partial charge in [-0.1, -0.05) is 6.07 Å². The minimum absolute atomic E-state index is 0.244. The number of piperidine rings is 1. The number of carbonyl (C=O) groups excluding carboxylic acids is 2. The highest BCUT2D eigenvalue weighted by atomic mass is 79.9. The van der Waals surface area contributed by atoms with E-state index in [0.29, 0.717) is 48.9 Å². The van der Waals surface area contributed by atoms with E-state index in [4.69, 9.17) is 0 Å². The van der Waals surface area contributed by atoms with Crippen LogP contribution in [-0.2, 0) is 16.0 Å². The number of benzene rings is 2. The molecular formula is C25H25BrF2N4O2. The molecule has 0 spiro atoms. The Morgan fingerprint density at radius 3 is 2.68 bits per heavy atom. The summed E-state index contributed by atoms with van der Waals surface area (Å²) in [6.07, 6.45) is 6.17. The maximum Gasteiger partial charge on any atom is 0.245 e. The Hall–Kier alpha value is -3.04. The van der Waals surface area contributed by atoms with Gasteiger partial charge in [-0.2, -0.15) is 0 Å². The summed E-state index contributed by atoms with van der Waals surface area (Å²) in [6.45, 7) is 1.56. The average Bonchev–Trinajstić information content (AvgIpc) is 3.22. The quantitative estimate of drug-likeness (QED) is 0.350. The molecule has 0 radical (unpaired) electrons. The lowest BCUT2D eigenvalue weighted by Crippen LogP contribution is -2.62. The number of aromatic nitrogens is 1. The zero-order valence-corrected chi connectivity index (χ0v) is 20.0. The number of H-pyrrole nitrogens is 1. The number of hydrogen-bond donors (Lipinski definition) is 4. The third-order valence-corrected chi connectivity index (χ3v) is 6.64. The van der Waals surface area contributed by atoms with E-state index < -0.39 is 11.4 Å². The molecule has 1 aromatic heterocycles. The molecule has 0 bridgehead atoms. The van der Waals surface area contributed by atoms with E-state index in [1.165, 1.54) is 24.3 Å². The van der Waals surface area contributed by atoms with Gasteiger partial charge >= 0.3 is 0 Å². The SMILES string of the molecule is O=C(/C=C/c1ccc(F)c(Br)c1)NC1(C(=O)NCCc2c[nH]c3ccc(F)cc23)CCNCC1. The van der Waals surface area contributed by atoms with E-state index in [2.05, 4.69) is 36.9 Å². The number of nitrogens with one attached hydrogen (secondary N) is 4. The van der Waals surface area contributed by atoms with Gasteiger partial charge in [0.15, 0.2) is 0 Å². The second-order valence-electron chi connectivity index (χ2n) is 8.34. The van der Waals surface area contributed by atoms with Crippen LogP contribution >= 0.6 is 15.9 Å². The number of carbonyl (C=O) groups is 2. The number of halogens is 3. The van der Waals surface area contributed by atoms with E-state index in [1.807, 2.05) is 6.20 Å². The molecule has 9 heteroatoms. The van der Waals surface area contributed by atoms with Crippen molar-refractivity contribution in [1.29, 1.82) is 0 Å². The van der Waals surface area contributed by atoms with Crippen molar-refractivity contribution in [3.05, 3.63) is 75.9 Å². The Morgan fingerprint density at radius 2 is 1.91 bits per heavy atom. The number of hydrogen-bond acceptors (Lipinski definition) is 3. The zero-order chi connectivity index (χ0) is 24.1. The maximum atomic E-state index is 13.6. The molecule has 34 heavy (non-hydrogen) atoms. The van der Waals surface area contributed by atoms with Crippen LogP contribution in [0.3, 0.4) is 0 Å². The summed E-state index contributed by atoms with van der Waals surface area (Å²) in [5, 5.41) is 9.83. The van der Waals surface area contributed by atoms with Gasteiger partial charge in [0, 0.05) is 29.7 Å². The minimum Gasteiger partial charge on any atom is -0.361 e. The van der Waals surface area contributed by atoms with Gasteiger partial charge in [0.05, 0.1) is 4.47 Å². The van der Waals surface area contributed by atoms with E-state index >= 15 is 0 Å². The van der Waals surface area contributed by atoms with E-state index in [-0.39, 0.29) is 17.5 Å². The van der Waals surface area contributed by atoms with Crippen LogP contribution in [0.5, 0.6) is 0 Å². The first-order chi connectivity index (χ1) is 16.4. The zero-order valence-electron chi connectivity index (χ0n) is 18.4. The normalized spacial score (nSPS) is 15.5. The molecule has 3 aromatic rings. The van der Waals surface area contributed by atoms with Crippen molar-refractivity contribution in [3.8, 4) is 0 Å². The van der Waals surface area contributed by atoms with Crippen molar-refractivity contribution in [2.24, 2.45) is 0 Å². The molecule has 1 saturated heterocycles. The summed E-state index contributed by atoms with van der Waals surface area (Å²) >= 11 is 3.13. The molecule has 0 aliphatic carbocycles. The first-order valence-corrected chi connectivity index (χ1v) is 11.9. The Labute approximate surface area is 204 Å². The van der Waals surface area contributed by atoms with Gasteiger partial charge in [-0.3, -0.25) is 9.59 Å². The Kier molecular flexibility index (Phi) is 7.43. The largest absolute Gasteiger partial charge is 0.361 e. The van der Waals surface area contributed by atoms with Crippen molar-refractivity contribution in [2.75, 3.05) is 19.6 Å². The van der Waals surface area contributed by atoms with Crippen LogP contribution in [0.4, 0.5) is 8.78 Å². The number of amides is 2. The molecule has 2 heterocycles. The lowest BCUT2D eigenvalue weighted by Gasteiger charge is -2.36. The van der Waals surface area contributed by atoms with Crippen LogP contribution < -0.4 is 16.0 Å². The Balaban J connectivity index is 1.40. The molecule has 1 aliphatic heterocycles. The van der Waals surface area contributed by atoms with Crippen LogP contribution in [0.1, 0.15) is 24.0 Å². The van der Waals surface area contributed by atoms with Crippen molar-refractivity contribution in [2.45, 2.75) is 24.8 Å². The Morgan fingerprint density at radius 1 is 1.12 bits per heavy atom. The van der Waals surface area contributed by atoms with E-state index in [9.17, 15) is 18.4 Å². The highest BCUT2D eigenvalue weighted by Crippen LogP contribution is 2.22. The van der Waals surface area contributed by atoms with Gasteiger partial charge < -0.3 is 20.9 Å².